The molecule has 0 spiro atoms. The minimum absolute atomic E-state index is 0.0739. The quantitative estimate of drug-likeness (QED) is 0.316. The zero-order valence-corrected chi connectivity index (χ0v) is 22.9. The molecule has 198 valence electrons. The maximum Gasteiger partial charge on any atom is 0.141 e. The molecule has 1 aliphatic heterocycles. The molecule has 1 aliphatic rings. The monoisotopic (exact) mass is 545 g/mol. The Labute approximate surface area is 227 Å². The van der Waals surface area contributed by atoms with E-state index < -0.39 is 0 Å². The number of hydroxylamine groups is 2. The van der Waals surface area contributed by atoms with Crippen molar-refractivity contribution in [2.75, 3.05) is 34.1 Å². The summed E-state index contributed by atoms with van der Waals surface area (Å²) in [7, 11) is 6.81. The fourth-order valence-electron chi connectivity index (χ4n) is 4.15. The highest BCUT2D eigenvalue weighted by molar-refractivity contribution is 7.97. The van der Waals surface area contributed by atoms with Crippen molar-refractivity contribution in [1.82, 2.24) is 14.7 Å². The van der Waals surface area contributed by atoms with Crippen LogP contribution in [0.4, 0.5) is 0 Å². The number of nitrogens with one attached hydrogen (secondary N) is 1. The highest BCUT2D eigenvalue weighted by Crippen LogP contribution is 2.33. The first-order chi connectivity index (χ1) is 17.9. The van der Waals surface area contributed by atoms with Gasteiger partial charge in [0.2, 0.25) is 0 Å². The van der Waals surface area contributed by atoms with Crippen LogP contribution < -0.4 is 19.5 Å². The molecule has 1 fully saturated rings. The molecule has 1 heterocycles. The van der Waals surface area contributed by atoms with Gasteiger partial charge in [0, 0.05) is 48.4 Å². The molecule has 8 nitrogen and oxygen atoms in total. The molecule has 2 N–H and O–H groups in total. The van der Waals surface area contributed by atoms with E-state index in [4.69, 9.17) is 30.6 Å². The maximum absolute atomic E-state index is 9.90. The van der Waals surface area contributed by atoms with Gasteiger partial charge in [-0.2, -0.15) is 5.06 Å². The normalized spacial score (nSPS) is 17.8. The Kier molecular flexibility index (Phi) is 9.42. The molecule has 10 heteroatoms. The van der Waals surface area contributed by atoms with Gasteiger partial charge in [-0.1, -0.05) is 47.8 Å². The summed E-state index contributed by atoms with van der Waals surface area (Å²) in [6.45, 7) is 1.18. The second-order valence-corrected chi connectivity index (χ2v) is 10.1. The highest BCUT2D eigenvalue weighted by atomic mass is 35.5. The number of aromatic hydroxyl groups is 1. The zero-order chi connectivity index (χ0) is 26.4. The molecule has 0 aromatic heterocycles. The predicted molar refractivity (Wildman–Crippen MR) is 146 cm³/mol. The Morgan fingerprint density at radius 1 is 0.946 bits per heavy atom. The summed E-state index contributed by atoms with van der Waals surface area (Å²) < 4.78 is 18.7. The molecular formula is C27H32ClN3O5S. The van der Waals surface area contributed by atoms with Crippen molar-refractivity contribution in [2.24, 2.45) is 0 Å². The summed E-state index contributed by atoms with van der Waals surface area (Å²) in [4.78, 5) is 6.09. The molecule has 1 saturated heterocycles. The topological polar surface area (TPSA) is 75.7 Å². The summed E-state index contributed by atoms with van der Waals surface area (Å²) in [6.07, 6.45) is -0.271. The van der Waals surface area contributed by atoms with E-state index in [9.17, 15) is 5.11 Å². The smallest absolute Gasteiger partial charge is 0.141 e. The second-order valence-electron chi connectivity index (χ2n) is 8.53. The van der Waals surface area contributed by atoms with Gasteiger partial charge in [0.15, 0.2) is 0 Å². The Bertz CT molecular complexity index is 1180. The van der Waals surface area contributed by atoms with Crippen molar-refractivity contribution in [3.05, 3.63) is 82.4 Å². The molecule has 2 atom stereocenters. The number of nitrogens with zero attached hydrogens (tertiary/aromatic N) is 2. The minimum atomic E-state index is -0.197. The highest BCUT2D eigenvalue weighted by Gasteiger charge is 2.31. The van der Waals surface area contributed by atoms with Gasteiger partial charge < -0.3 is 19.3 Å². The summed E-state index contributed by atoms with van der Waals surface area (Å²) in [5, 5.41) is 16.0. The number of methoxy groups -OCH3 is 3. The zero-order valence-electron chi connectivity index (χ0n) is 21.3. The minimum Gasteiger partial charge on any atom is -0.508 e. The standard InChI is InChI=1S/C27H32ClN3O5S/c1-30-27(18-5-9-21(28)10-6-18)29-26(36-30)17-37-31(15-19-7-11-22(32)13-24(19)34-3)16-20-8-12-23(33-2)14-25(20)35-4/h5-14,26-27,29,32H,15-17H2,1-4H3. The number of phenols is 1. The van der Waals surface area contributed by atoms with E-state index in [1.807, 2.05) is 60.6 Å². The third kappa shape index (κ3) is 7.01. The lowest BCUT2D eigenvalue weighted by atomic mass is 10.1. The third-order valence-corrected chi connectivity index (χ3v) is 7.38. The number of ether oxygens (including phenoxy) is 3. The number of halogens is 1. The van der Waals surface area contributed by atoms with Crippen molar-refractivity contribution < 1.29 is 24.2 Å². The lowest BCUT2D eigenvalue weighted by molar-refractivity contribution is -0.138. The van der Waals surface area contributed by atoms with Crippen molar-refractivity contribution in [2.45, 2.75) is 25.5 Å². The van der Waals surface area contributed by atoms with Crippen LogP contribution in [0, 0.1) is 0 Å². The third-order valence-electron chi connectivity index (χ3n) is 6.05. The number of rotatable bonds is 11. The van der Waals surface area contributed by atoms with Crippen LogP contribution in [-0.4, -0.2) is 54.8 Å². The maximum atomic E-state index is 9.90. The first kappa shape index (κ1) is 27.4. The van der Waals surface area contributed by atoms with E-state index in [0.29, 0.717) is 29.6 Å². The van der Waals surface area contributed by atoms with Crippen LogP contribution in [0.2, 0.25) is 5.02 Å². The Hall–Kier alpha value is -2.66. The van der Waals surface area contributed by atoms with Crippen molar-refractivity contribution >= 4 is 23.5 Å². The van der Waals surface area contributed by atoms with Gasteiger partial charge in [-0.3, -0.25) is 10.2 Å². The van der Waals surface area contributed by atoms with Crippen LogP contribution in [0.5, 0.6) is 23.0 Å². The molecular weight excluding hydrogens is 514 g/mol. The number of hydrogen-bond acceptors (Lipinski definition) is 9. The molecule has 3 aromatic rings. The molecule has 0 radical (unpaired) electrons. The fourth-order valence-corrected chi connectivity index (χ4v) is 5.24. The van der Waals surface area contributed by atoms with Gasteiger partial charge in [-0.15, -0.1) is 0 Å². The van der Waals surface area contributed by atoms with E-state index in [1.165, 1.54) is 0 Å². The first-order valence-electron chi connectivity index (χ1n) is 11.8. The van der Waals surface area contributed by atoms with E-state index >= 15 is 0 Å². The van der Waals surface area contributed by atoms with Gasteiger partial charge in [0.25, 0.3) is 0 Å². The molecule has 4 rings (SSSR count). The lowest BCUT2D eigenvalue weighted by Gasteiger charge is -2.24. The number of benzene rings is 3. The Morgan fingerprint density at radius 2 is 1.59 bits per heavy atom. The van der Waals surface area contributed by atoms with Gasteiger partial charge in [-0.25, -0.2) is 4.31 Å². The molecule has 0 amide bonds. The van der Waals surface area contributed by atoms with Crippen LogP contribution >= 0.6 is 23.5 Å². The van der Waals surface area contributed by atoms with Crippen LogP contribution in [0.15, 0.2) is 60.7 Å². The van der Waals surface area contributed by atoms with Gasteiger partial charge in [0.1, 0.15) is 35.4 Å². The largest absolute Gasteiger partial charge is 0.508 e. The first-order valence-corrected chi connectivity index (χ1v) is 13.1. The van der Waals surface area contributed by atoms with Crippen molar-refractivity contribution in [3.8, 4) is 23.0 Å². The van der Waals surface area contributed by atoms with E-state index in [0.717, 1.165) is 28.2 Å². The van der Waals surface area contributed by atoms with E-state index in [2.05, 4.69) is 9.62 Å². The van der Waals surface area contributed by atoms with Gasteiger partial charge >= 0.3 is 0 Å². The van der Waals surface area contributed by atoms with Crippen molar-refractivity contribution in [1.29, 1.82) is 0 Å². The molecule has 0 saturated carbocycles. The van der Waals surface area contributed by atoms with E-state index in [1.54, 1.807) is 45.4 Å². The fraction of sp³-hybridized carbons (Fsp3) is 0.333. The number of hydrogen-bond donors (Lipinski definition) is 2. The SMILES string of the molecule is COc1ccc(CN(Cc2ccc(O)cc2OC)SCC2NC(c3ccc(Cl)cc3)N(C)O2)c(OC)c1. The number of phenolic OH excluding ortho intramolecular Hbond substituents is 1. The summed E-state index contributed by atoms with van der Waals surface area (Å²) in [6, 6.07) is 18.7. The van der Waals surface area contributed by atoms with Crippen LogP contribution in [0.25, 0.3) is 0 Å². The molecule has 0 aliphatic carbocycles. The lowest BCUT2D eigenvalue weighted by Crippen LogP contribution is -2.30. The molecule has 3 aromatic carbocycles. The average molecular weight is 546 g/mol. The molecule has 0 bridgehead atoms. The van der Waals surface area contributed by atoms with Crippen LogP contribution in [0.3, 0.4) is 0 Å². The average Bonchev–Trinajstić information content (AvgIpc) is 3.29. The van der Waals surface area contributed by atoms with Crippen molar-refractivity contribution in [3.63, 3.8) is 0 Å². The van der Waals surface area contributed by atoms with Crippen LogP contribution in [0.1, 0.15) is 22.9 Å². The van der Waals surface area contributed by atoms with Crippen LogP contribution in [-0.2, 0) is 17.9 Å². The summed E-state index contributed by atoms with van der Waals surface area (Å²) in [5.41, 5.74) is 3.05. The Morgan fingerprint density at radius 3 is 2.24 bits per heavy atom. The molecule has 37 heavy (non-hydrogen) atoms. The van der Waals surface area contributed by atoms with E-state index in [-0.39, 0.29) is 18.1 Å². The van der Waals surface area contributed by atoms with Gasteiger partial charge in [-0.05, 0) is 29.8 Å². The Balaban J connectivity index is 1.50. The summed E-state index contributed by atoms with van der Waals surface area (Å²) >= 11 is 7.71. The van der Waals surface area contributed by atoms with Gasteiger partial charge in [0.05, 0.1) is 27.1 Å². The summed E-state index contributed by atoms with van der Waals surface area (Å²) in [5.74, 6) is 2.94. The second kappa shape index (κ2) is 12.7. The molecule has 2 unspecified atom stereocenters. The predicted octanol–water partition coefficient (Wildman–Crippen LogP) is 5.21.